The summed E-state index contributed by atoms with van der Waals surface area (Å²) in [6.07, 6.45) is 7.92. The summed E-state index contributed by atoms with van der Waals surface area (Å²) in [7, 11) is 0. The van der Waals surface area contributed by atoms with Crippen LogP contribution < -0.4 is 15.5 Å². The second-order valence-corrected chi connectivity index (χ2v) is 8.94. The summed E-state index contributed by atoms with van der Waals surface area (Å²) in [6, 6.07) is 10.4. The Bertz CT molecular complexity index is 1400. The number of hydrogen-bond donors (Lipinski definition) is 3. The van der Waals surface area contributed by atoms with Crippen molar-refractivity contribution < 1.29 is 9.90 Å². The molecule has 0 unspecified atom stereocenters. The molecule has 0 spiro atoms. The minimum Gasteiger partial charge on any atom is -0.478 e. The van der Waals surface area contributed by atoms with E-state index < -0.39 is 5.97 Å². The lowest BCUT2D eigenvalue weighted by Gasteiger charge is -2.30. The molecule has 1 aliphatic heterocycles. The first kappa shape index (κ1) is 21.4. The van der Waals surface area contributed by atoms with Gasteiger partial charge in [0.2, 0.25) is 0 Å². The van der Waals surface area contributed by atoms with Crippen LogP contribution in [0.4, 0.5) is 17.3 Å². The largest absolute Gasteiger partial charge is 0.478 e. The van der Waals surface area contributed by atoms with Crippen LogP contribution in [0.25, 0.3) is 22.3 Å². The molecule has 2 aliphatic rings. The Morgan fingerprint density at radius 2 is 1.86 bits per heavy atom. The molecule has 9 heteroatoms. The number of aromatic carboxylic acids is 1. The zero-order valence-electron chi connectivity index (χ0n) is 19.1. The molecule has 0 radical (unpaired) electrons. The van der Waals surface area contributed by atoms with Crippen molar-refractivity contribution in [2.75, 3.05) is 36.4 Å². The van der Waals surface area contributed by atoms with Crippen molar-refractivity contribution in [1.29, 1.82) is 0 Å². The summed E-state index contributed by atoms with van der Waals surface area (Å²) >= 11 is 0. The van der Waals surface area contributed by atoms with Crippen molar-refractivity contribution in [3.63, 3.8) is 0 Å². The van der Waals surface area contributed by atoms with Crippen LogP contribution >= 0.6 is 0 Å². The fourth-order valence-corrected chi connectivity index (χ4v) is 4.51. The van der Waals surface area contributed by atoms with Crippen LogP contribution in [0.15, 0.2) is 55.0 Å². The van der Waals surface area contributed by atoms with Gasteiger partial charge in [-0.05, 0) is 60.7 Å². The molecule has 4 aromatic rings. The number of hydrogen-bond acceptors (Lipinski definition) is 8. The number of rotatable bonds is 6. The first-order valence-corrected chi connectivity index (χ1v) is 11.8. The van der Waals surface area contributed by atoms with Gasteiger partial charge in [0.1, 0.15) is 11.6 Å². The zero-order chi connectivity index (χ0) is 23.8. The molecule has 2 fully saturated rings. The van der Waals surface area contributed by atoms with E-state index in [1.165, 1.54) is 18.4 Å². The number of fused-ring (bicyclic) bond motifs is 1. The second-order valence-electron chi connectivity index (χ2n) is 8.94. The Balaban J connectivity index is 1.39. The van der Waals surface area contributed by atoms with E-state index in [2.05, 4.69) is 25.5 Å². The Kier molecular flexibility index (Phi) is 5.46. The van der Waals surface area contributed by atoms with Gasteiger partial charge in [0.25, 0.3) is 0 Å². The molecule has 3 aromatic heterocycles. The molecular weight excluding hydrogens is 442 g/mol. The predicted octanol–water partition coefficient (Wildman–Crippen LogP) is 3.82. The van der Waals surface area contributed by atoms with E-state index >= 15 is 0 Å². The Morgan fingerprint density at radius 1 is 1.06 bits per heavy atom. The number of piperazine rings is 1. The summed E-state index contributed by atoms with van der Waals surface area (Å²) in [5, 5.41) is 16.9. The minimum absolute atomic E-state index is 0.237. The number of carboxylic acids is 1. The number of carboxylic acid groups (broad SMARTS) is 1. The smallest absolute Gasteiger partial charge is 0.335 e. The third kappa shape index (κ3) is 4.38. The molecule has 1 saturated carbocycles. The average molecular weight is 468 g/mol. The Hall–Kier alpha value is -4.11. The first-order valence-electron chi connectivity index (χ1n) is 11.8. The molecule has 0 amide bonds. The van der Waals surface area contributed by atoms with Crippen LogP contribution in [-0.2, 0) is 0 Å². The molecule has 35 heavy (non-hydrogen) atoms. The lowest BCUT2D eigenvalue weighted by atomic mass is 10.1. The predicted molar refractivity (Wildman–Crippen MR) is 134 cm³/mol. The number of nitrogens with one attached hydrogen (secondary N) is 2. The van der Waals surface area contributed by atoms with E-state index in [0.717, 1.165) is 54.2 Å². The molecule has 0 atom stereocenters. The minimum atomic E-state index is -0.954. The van der Waals surface area contributed by atoms with Gasteiger partial charge in [-0.15, -0.1) is 0 Å². The fourth-order valence-electron chi connectivity index (χ4n) is 4.51. The van der Waals surface area contributed by atoms with Gasteiger partial charge in [-0.25, -0.2) is 19.7 Å². The fraction of sp³-hybridized carbons (Fsp3) is 0.269. The van der Waals surface area contributed by atoms with Crippen molar-refractivity contribution in [3.05, 3.63) is 66.1 Å². The molecule has 0 bridgehead atoms. The number of pyridine rings is 2. The molecular formula is C26H25N7O2. The van der Waals surface area contributed by atoms with Gasteiger partial charge in [0, 0.05) is 55.2 Å². The summed E-state index contributed by atoms with van der Waals surface area (Å²) in [5.74, 6) is 1.83. The van der Waals surface area contributed by atoms with Crippen LogP contribution in [0.3, 0.4) is 0 Å². The number of benzene rings is 1. The van der Waals surface area contributed by atoms with Crippen LogP contribution in [0, 0.1) is 0 Å². The highest BCUT2D eigenvalue weighted by molar-refractivity contribution is 5.94. The summed E-state index contributed by atoms with van der Waals surface area (Å²) in [6.45, 7) is 3.64. The molecule has 3 N–H and O–H groups in total. The van der Waals surface area contributed by atoms with Crippen molar-refractivity contribution in [2.45, 2.75) is 18.8 Å². The molecule has 1 aliphatic carbocycles. The SMILES string of the molecule is O=C(O)c1ccc(Nc2cc(-c3nc(N4CCNCC4)c4c(C5CC5)cncc4n3)ccn2)cc1. The zero-order valence-corrected chi connectivity index (χ0v) is 19.1. The molecule has 6 rings (SSSR count). The molecule has 4 heterocycles. The number of nitrogens with zero attached hydrogens (tertiary/aromatic N) is 5. The van der Waals surface area contributed by atoms with Gasteiger partial charge in [-0.2, -0.15) is 0 Å². The van der Waals surface area contributed by atoms with E-state index in [9.17, 15) is 4.79 Å². The number of aromatic nitrogens is 4. The van der Waals surface area contributed by atoms with Gasteiger partial charge in [0.05, 0.1) is 17.3 Å². The molecule has 9 nitrogen and oxygen atoms in total. The standard InChI is InChI=1S/C26H25N7O2/c34-26(35)17-3-5-19(6-4-17)30-22-13-18(7-8-29-22)24-31-21-15-28-14-20(16-1-2-16)23(21)25(32-24)33-11-9-27-10-12-33/h3-8,13-16,27H,1-2,9-12H2,(H,29,30)(H,34,35). The van der Waals surface area contributed by atoms with Crippen LogP contribution in [0.1, 0.15) is 34.7 Å². The topological polar surface area (TPSA) is 116 Å². The number of carbonyl (C=O) groups is 1. The van der Waals surface area contributed by atoms with Gasteiger partial charge < -0.3 is 20.6 Å². The van der Waals surface area contributed by atoms with Crippen molar-refractivity contribution >= 4 is 34.2 Å². The van der Waals surface area contributed by atoms with E-state index in [4.69, 9.17) is 15.1 Å². The van der Waals surface area contributed by atoms with E-state index in [1.54, 1.807) is 30.5 Å². The third-order valence-corrected chi connectivity index (χ3v) is 6.47. The van der Waals surface area contributed by atoms with Crippen molar-refractivity contribution in [1.82, 2.24) is 25.3 Å². The number of anilines is 3. The molecule has 176 valence electrons. The lowest BCUT2D eigenvalue weighted by Crippen LogP contribution is -2.44. The van der Waals surface area contributed by atoms with E-state index in [-0.39, 0.29) is 5.56 Å². The third-order valence-electron chi connectivity index (χ3n) is 6.47. The maximum absolute atomic E-state index is 11.1. The van der Waals surface area contributed by atoms with Crippen LogP contribution in [0.2, 0.25) is 0 Å². The second kappa shape index (κ2) is 8.92. The highest BCUT2D eigenvalue weighted by Gasteiger charge is 2.29. The maximum Gasteiger partial charge on any atom is 0.335 e. The monoisotopic (exact) mass is 467 g/mol. The highest BCUT2D eigenvalue weighted by Crippen LogP contribution is 2.44. The quantitative estimate of drug-likeness (QED) is 0.389. The van der Waals surface area contributed by atoms with Gasteiger partial charge in [-0.3, -0.25) is 4.98 Å². The van der Waals surface area contributed by atoms with Crippen LogP contribution in [0.5, 0.6) is 0 Å². The summed E-state index contributed by atoms with van der Waals surface area (Å²) in [4.78, 5) is 32.4. The van der Waals surface area contributed by atoms with Crippen molar-refractivity contribution in [3.8, 4) is 11.4 Å². The first-order chi connectivity index (χ1) is 17.2. The lowest BCUT2D eigenvalue weighted by molar-refractivity contribution is 0.0697. The van der Waals surface area contributed by atoms with E-state index in [1.807, 2.05) is 24.5 Å². The van der Waals surface area contributed by atoms with Gasteiger partial charge >= 0.3 is 5.97 Å². The van der Waals surface area contributed by atoms with Crippen molar-refractivity contribution in [2.24, 2.45) is 0 Å². The van der Waals surface area contributed by atoms with Crippen LogP contribution in [-0.4, -0.2) is 57.2 Å². The summed E-state index contributed by atoms with van der Waals surface area (Å²) in [5.41, 5.74) is 3.95. The summed E-state index contributed by atoms with van der Waals surface area (Å²) < 4.78 is 0. The average Bonchev–Trinajstić information content (AvgIpc) is 3.74. The highest BCUT2D eigenvalue weighted by atomic mass is 16.4. The van der Waals surface area contributed by atoms with Gasteiger partial charge in [0.15, 0.2) is 5.82 Å². The van der Waals surface area contributed by atoms with Gasteiger partial charge in [-0.1, -0.05) is 0 Å². The molecule has 1 saturated heterocycles. The molecule has 1 aromatic carbocycles. The maximum atomic E-state index is 11.1. The Labute approximate surface area is 202 Å². The normalized spacial score (nSPS) is 15.8. The van der Waals surface area contributed by atoms with E-state index in [0.29, 0.717) is 17.6 Å². The Morgan fingerprint density at radius 3 is 2.60 bits per heavy atom.